The van der Waals surface area contributed by atoms with Gasteiger partial charge in [0.1, 0.15) is 0 Å². The summed E-state index contributed by atoms with van der Waals surface area (Å²) in [6.45, 7) is 1.90. The normalized spacial score (nSPS) is 14.4. The van der Waals surface area contributed by atoms with Crippen LogP contribution in [0.4, 0.5) is 0 Å². The minimum absolute atomic E-state index is 0. The van der Waals surface area contributed by atoms with Crippen LogP contribution in [0.15, 0.2) is 30.3 Å². The van der Waals surface area contributed by atoms with Crippen molar-refractivity contribution in [2.75, 3.05) is 20.2 Å². The number of rotatable bonds is 3. The molecule has 0 amide bonds. The molecule has 1 N–H and O–H groups in total. The molecule has 18 heavy (non-hydrogen) atoms. The molecular formula is C14H18ClNO2. The summed E-state index contributed by atoms with van der Waals surface area (Å²) in [5, 5.41) is 3.34. The van der Waals surface area contributed by atoms with Gasteiger partial charge in [0.25, 0.3) is 0 Å². The van der Waals surface area contributed by atoms with Crippen LogP contribution >= 0.6 is 12.4 Å². The summed E-state index contributed by atoms with van der Waals surface area (Å²) in [6.07, 6.45) is 3.62. The molecule has 0 fully saturated rings. The van der Waals surface area contributed by atoms with E-state index in [2.05, 4.69) is 17.5 Å². The quantitative estimate of drug-likeness (QED) is 0.854. The van der Waals surface area contributed by atoms with Gasteiger partial charge in [-0.25, -0.2) is 0 Å². The number of hydrogen-bond acceptors (Lipinski definition) is 3. The lowest BCUT2D eigenvalue weighted by Crippen LogP contribution is -2.22. The van der Waals surface area contributed by atoms with Crippen molar-refractivity contribution in [3.63, 3.8) is 0 Å². The Labute approximate surface area is 114 Å². The maximum Gasteiger partial charge on any atom is 0.309 e. The molecule has 0 bridgehead atoms. The average molecular weight is 268 g/mol. The summed E-state index contributed by atoms with van der Waals surface area (Å²) in [4.78, 5) is 11.4. The summed E-state index contributed by atoms with van der Waals surface area (Å²) in [6, 6.07) is 8.02. The monoisotopic (exact) mass is 267 g/mol. The Balaban J connectivity index is 0.00000162. The fourth-order valence-corrected chi connectivity index (χ4v) is 2.06. The fraction of sp³-hybridized carbons (Fsp3) is 0.357. The predicted octanol–water partition coefficient (Wildman–Crippen LogP) is 2.20. The van der Waals surface area contributed by atoms with Crippen LogP contribution in [0.3, 0.4) is 0 Å². The highest BCUT2D eigenvalue weighted by Crippen LogP contribution is 2.21. The van der Waals surface area contributed by atoms with Gasteiger partial charge < -0.3 is 10.1 Å². The Morgan fingerprint density at radius 2 is 2.17 bits per heavy atom. The summed E-state index contributed by atoms with van der Waals surface area (Å²) < 4.78 is 4.72. The fourth-order valence-electron chi connectivity index (χ4n) is 2.06. The van der Waals surface area contributed by atoms with E-state index in [-0.39, 0.29) is 18.4 Å². The average Bonchev–Trinajstić information content (AvgIpc) is 2.40. The van der Waals surface area contributed by atoms with Crippen LogP contribution in [0.25, 0.3) is 5.57 Å². The van der Waals surface area contributed by atoms with Gasteiger partial charge >= 0.3 is 5.97 Å². The van der Waals surface area contributed by atoms with Gasteiger partial charge in [0.05, 0.1) is 13.5 Å². The third-order valence-electron chi connectivity index (χ3n) is 2.95. The zero-order valence-corrected chi connectivity index (χ0v) is 11.3. The third-order valence-corrected chi connectivity index (χ3v) is 2.95. The van der Waals surface area contributed by atoms with Crippen molar-refractivity contribution in [3.05, 3.63) is 41.5 Å². The highest BCUT2D eigenvalue weighted by atomic mass is 35.5. The van der Waals surface area contributed by atoms with E-state index in [0.29, 0.717) is 6.42 Å². The zero-order chi connectivity index (χ0) is 12.1. The summed E-state index contributed by atoms with van der Waals surface area (Å²) in [5.41, 5.74) is 3.47. The Kier molecular flexibility index (Phi) is 5.89. The molecule has 0 aromatic heterocycles. The lowest BCUT2D eigenvalue weighted by Gasteiger charge is -2.17. The van der Waals surface area contributed by atoms with Gasteiger partial charge in [0.2, 0.25) is 0 Å². The van der Waals surface area contributed by atoms with E-state index in [4.69, 9.17) is 4.74 Å². The van der Waals surface area contributed by atoms with Crippen LogP contribution < -0.4 is 5.32 Å². The number of carbonyl (C=O) groups is 1. The summed E-state index contributed by atoms with van der Waals surface area (Å²) >= 11 is 0. The number of hydrogen-bond donors (Lipinski definition) is 1. The van der Waals surface area contributed by atoms with Gasteiger partial charge in [0, 0.05) is 6.54 Å². The molecular weight excluding hydrogens is 250 g/mol. The highest BCUT2D eigenvalue weighted by molar-refractivity contribution is 5.85. The molecule has 0 saturated heterocycles. The Morgan fingerprint density at radius 1 is 1.39 bits per heavy atom. The third kappa shape index (κ3) is 3.59. The second-order valence-electron chi connectivity index (χ2n) is 4.10. The van der Waals surface area contributed by atoms with Crippen molar-refractivity contribution in [3.8, 4) is 0 Å². The van der Waals surface area contributed by atoms with E-state index in [1.54, 1.807) is 0 Å². The smallest absolute Gasteiger partial charge is 0.309 e. The van der Waals surface area contributed by atoms with Gasteiger partial charge in [0.15, 0.2) is 0 Å². The van der Waals surface area contributed by atoms with Crippen molar-refractivity contribution >= 4 is 23.9 Å². The standard InChI is InChI=1S/C14H17NO2.ClH/c1-17-14(16)9-11-5-2-3-7-13(11)12-6-4-8-15-10-12;/h2-3,5-7,15H,4,8-10H2,1H3;1H. The number of esters is 1. The summed E-state index contributed by atoms with van der Waals surface area (Å²) in [5.74, 6) is -0.193. The minimum atomic E-state index is -0.193. The molecule has 4 heteroatoms. The van der Waals surface area contributed by atoms with Gasteiger partial charge in [-0.05, 0) is 29.7 Å². The van der Waals surface area contributed by atoms with E-state index >= 15 is 0 Å². The van der Waals surface area contributed by atoms with Crippen molar-refractivity contribution in [1.82, 2.24) is 5.32 Å². The van der Waals surface area contributed by atoms with Gasteiger partial charge in [-0.2, -0.15) is 0 Å². The maximum absolute atomic E-state index is 11.4. The molecule has 0 saturated carbocycles. The number of nitrogens with one attached hydrogen (secondary N) is 1. The Morgan fingerprint density at radius 3 is 2.83 bits per heavy atom. The number of carbonyl (C=O) groups excluding carboxylic acids is 1. The Hall–Kier alpha value is -1.32. The number of methoxy groups -OCH3 is 1. The number of ether oxygens (including phenoxy) is 1. The van der Waals surface area contributed by atoms with Crippen LogP contribution in [-0.4, -0.2) is 26.2 Å². The largest absolute Gasteiger partial charge is 0.469 e. The molecule has 0 aliphatic carbocycles. The van der Waals surface area contributed by atoms with E-state index in [0.717, 1.165) is 30.6 Å². The van der Waals surface area contributed by atoms with Crippen LogP contribution in [-0.2, 0) is 16.0 Å². The lowest BCUT2D eigenvalue weighted by molar-refractivity contribution is -0.139. The number of halogens is 1. The molecule has 1 aromatic rings. The van der Waals surface area contributed by atoms with E-state index in [1.807, 2.05) is 18.2 Å². The van der Waals surface area contributed by atoms with Crippen LogP contribution in [0.2, 0.25) is 0 Å². The molecule has 2 rings (SSSR count). The second-order valence-corrected chi connectivity index (χ2v) is 4.10. The first kappa shape index (κ1) is 14.7. The molecule has 0 radical (unpaired) electrons. The van der Waals surface area contributed by atoms with Crippen molar-refractivity contribution in [2.24, 2.45) is 0 Å². The van der Waals surface area contributed by atoms with E-state index in [1.165, 1.54) is 12.7 Å². The highest BCUT2D eigenvalue weighted by Gasteiger charge is 2.12. The van der Waals surface area contributed by atoms with Gasteiger partial charge in [-0.15, -0.1) is 12.4 Å². The Bertz CT molecular complexity index is 443. The van der Waals surface area contributed by atoms with Crippen LogP contribution in [0.1, 0.15) is 17.5 Å². The van der Waals surface area contributed by atoms with E-state index in [9.17, 15) is 4.79 Å². The van der Waals surface area contributed by atoms with Crippen molar-refractivity contribution in [1.29, 1.82) is 0 Å². The van der Waals surface area contributed by atoms with Crippen LogP contribution in [0, 0.1) is 0 Å². The summed E-state index contributed by atoms with van der Waals surface area (Å²) in [7, 11) is 1.42. The lowest BCUT2D eigenvalue weighted by atomic mass is 9.95. The first-order chi connectivity index (χ1) is 8.31. The van der Waals surface area contributed by atoms with Crippen molar-refractivity contribution in [2.45, 2.75) is 12.8 Å². The molecule has 98 valence electrons. The predicted molar refractivity (Wildman–Crippen MR) is 74.9 cm³/mol. The minimum Gasteiger partial charge on any atom is -0.469 e. The van der Waals surface area contributed by atoms with Crippen molar-refractivity contribution < 1.29 is 9.53 Å². The molecule has 1 heterocycles. The molecule has 0 spiro atoms. The molecule has 1 aliphatic rings. The van der Waals surface area contributed by atoms with E-state index < -0.39 is 0 Å². The molecule has 3 nitrogen and oxygen atoms in total. The zero-order valence-electron chi connectivity index (χ0n) is 10.4. The van der Waals surface area contributed by atoms with Gasteiger partial charge in [-0.3, -0.25) is 4.79 Å². The molecule has 1 aliphatic heterocycles. The molecule has 0 atom stereocenters. The molecule has 0 unspecified atom stereocenters. The van der Waals surface area contributed by atoms with Gasteiger partial charge in [-0.1, -0.05) is 30.3 Å². The maximum atomic E-state index is 11.4. The van der Waals surface area contributed by atoms with Crippen LogP contribution in [0.5, 0.6) is 0 Å². The first-order valence-corrected chi connectivity index (χ1v) is 5.86. The number of benzene rings is 1. The first-order valence-electron chi connectivity index (χ1n) is 5.86. The SMILES string of the molecule is COC(=O)Cc1ccccc1C1=CCCNC1.Cl. The second kappa shape index (κ2) is 7.19. The topological polar surface area (TPSA) is 38.3 Å². The molecule has 1 aromatic carbocycles.